The Bertz CT molecular complexity index is 677. The molecule has 1 aliphatic rings. The van der Waals surface area contributed by atoms with Crippen molar-refractivity contribution in [3.8, 4) is 5.75 Å². The van der Waals surface area contributed by atoms with E-state index >= 15 is 0 Å². The number of nitrogens with zero attached hydrogens (tertiary/aromatic N) is 2. The molecule has 0 aliphatic carbocycles. The van der Waals surface area contributed by atoms with E-state index in [0.717, 1.165) is 44.6 Å². The van der Waals surface area contributed by atoms with Crippen LogP contribution in [0, 0.1) is 0 Å². The Morgan fingerprint density at radius 1 is 1.08 bits per heavy atom. The van der Waals surface area contributed by atoms with E-state index in [9.17, 15) is 9.90 Å². The van der Waals surface area contributed by atoms with Crippen LogP contribution in [0.15, 0.2) is 54.6 Å². The smallest absolute Gasteiger partial charge is 0.224 e. The third kappa shape index (κ3) is 4.60. The van der Waals surface area contributed by atoms with Gasteiger partial charge in [0.2, 0.25) is 5.91 Å². The Morgan fingerprint density at radius 2 is 1.72 bits per heavy atom. The van der Waals surface area contributed by atoms with E-state index in [1.54, 1.807) is 19.1 Å². The second-order valence-corrected chi connectivity index (χ2v) is 6.71. The molecule has 1 heterocycles. The summed E-state index contributed by atoms with van der Waals surface area (Å²) in [5.74, 6) is 0.434. The van der Waals surface area contributed by atoms with Crippen molar-refractivity contribution in [2.24, 2.45) is 0 Å². The number of carbonyl (C=O) groups excluding carboxylic acids is 1. The predicted molar refractivity (Wildman–Crippen MR) is 101 cm³/mol. The molecule has 132 valence electrons. The molecule has 0 unspecified atom stereocenters. The Hall–Kier alpha value is -2.33. The van der Waals surface area contributed by atoms with E-state index in [2.05, 4.69) is 4.90 Å². The van der Waals surface area contributed by atoms with Crippen molar-refractivity contribution in [2.45, 2.75) is 32.2 Å². The van der Waals surface area contributed by atoms with Crippen LogP contribution in [0.4, 0.5) is 5.69 Å². The van der Waals surface area contributed by atoms with Gasteiger partial charge in [-0.25, -0.2) is 0 Å². The first-order chi connectivity index (χ1) is 12.1. The minimum atomic E-state index is 0.119. The van der Waals surface area contributed by atoms with Crippen molar-refractivity contribution in [1.82, 2.24) is 4.90 Å². The highest BCUT2D eigenvalue weighted by molar-refractivity contribution is 5.92. The molecular weight excluding hydrogens is 312 g/mol. The Labute approximate surface area is 149 Å². The molecule has 1 fully saturated rings. The average molecular weight is 338 g/mol. The van der Waals surface area contributed by atoms with Crippen molar-refractivity contribution < 1.29 is 9.90 Å². The van der Waals surface area contributed by atoms with Crippen LogP contribution in [0.5, 0.6) is 5.75 Å². The van der Waals surface area contributed by atoms with Gasteiger partial charge in [-0.3, -0.25) is 4.79 Å². The molecule has 3 rings (SSSR count). The molecule has 2 aromatic rings. The van der Waals surface area contributed by atoms with Gasteiger partial charge >= 0.3 is 0 Å². The van der Waals surface area contributed by atoms with E-state index in [1.807, 2.05) is 47.4 Å². The van der Waals surface area contributed by atoms with Crippen molar-refractivity contribution in [1.29, 1.82) is 0 Å². The molecule has 0 bridgehead atoms. The number of likely N-dealkylation sites (tertiary alicyclic amines) is 1. The number of carbonyl (C=O) groups is 1. The lowest BCUT2D eigenvalue weighted by Crippen LogP contribution is -2.47. The highest BCUT2D eigenvalue weighted by Gasteiger charge is 2.27. The molecule has 4 heteroatoms. The molecule has 0 saturated carbocycles. The monoisotopic (exact) mass is 338 g/mol. The molecule has 1 saturated heterocycles. The van der Waals surface area contributed by atoms with Crippen molar-refractivity contribution in [3.05, 3.63) is 60.2 Å². The molecule has 1 amide bonds. The first-order valence-electron chi connectivity index (χ1n) is 8.98. The lowest BCUT2D eigenvalue weighted by Gasteiger charge is -2.38. The summed E-state index contributed by atoms with van der Waals surface area (Å²) in [6, 6.07) is 17.7. The zero-order valence-electron chi connectivity index (χ0n) is 14.8. The summed E-state index contributed by atoms with van der Waals surface area (Å²) in [5, 5.41) is 9.35. The van der Waals surface area contributed by atoms with Gasteiger partial charge in [-0.05, 0) is 49.1 Å². The summed E-state index contributed by atoms with van der Waals surface area (Å²) in [7, 11) is 0. The molecule has 4 nitrogen and oxygen atoms in total. The summed E-state index contributed by atoms with van der Waals surface area (Å²) in [6.45, 7) is 4.70. The van der Waals surface area contributed by atoms with Gasteiger partial charge in [0.1, 0.15) is 5.75 Å². The zero-order chi connectivity index (χ0) is 17.6. The molecule has 0 aromatic heterocycles. The number of phenolic OH excluding ortho intramolecular Hbond substituents is 1. The zero-order valence-corrected chi connectivity index (χ0v) is 14.8. The van der Waals surface area contributed by atoms with E-state index in [4.69, 9.17) is 0 Å². The van der Waals surface area contributed by atoms with Gasteiger partial charge in [-0.15, -0.1) is 0 Å². The number of amides is 1. The van der Waals surface area contributed by atoms with Crippen LogP contribution in [0.25, 0.3) is 0 Å². The third-order valence-electron chi connectivity index (χ3n) is 4.95. The quantitative estimate of drug-likeness (QED) is 0.908. The molecule has 1 aliphatic heterocycles. The number of hydrogen-bond acceptors (Lipinski definition) is 3. The van der Waals surface area contributed by atoms with Crippen LogP contribution >= 0.6 is 0 Å². The van der Waals surface area contributed by atoms with Gasteiger partial charge in [0.05, 0.1) is 0 Å². The van der Waals surface area contributed by atoms with Crippen LogP contribution in [0.3, 0.4) is 0 Å². The number of piperidine rings is 1. The number of para-hydroxylation sites is 1. The Balaban J connectivity index is 1.53. The third-order valence-corrected chi connectivity index (χ3v) is 4.95. The van der Waals surface area contributed by atoms with Gasteiger partial charge in [0, 0.05) is 38.3 Å². The highest BCUT2D eigenvalue weighted by Crippen LogP contribution is 2.24. The number of hydrogen-bond donors (Lipinski definition) is 1. The van der Waals surface area contributed by atoms with Crippen LogP contribution in [0.1, 0.15) is 25.3 Å². The molecule has 0 radical (unpaired) electrons. The van der Waals surface area contributed by atoms with Gasteiger partial charge in [0.25, 0.3) is 0 Å². The topological polar surface area (TPSA) is 43.8 Å². The summed E-state index contributed by atoms with van der Waals surface area (Å²) < 4.78 is 0. The molecule has 1 N–H and O–H groups in total. The Kier molecular flexibility index (Phi) is 5.71. The van der Waals surface area contributed by atoms with Crippen LogP contribution in [-0.2, 0) is 11.2 Å². The first kappa shape index (κ1) is 17.5. The Morgan fingerprint density at radius 3 is 2.32 bits per heavy atom. The number of benzene rings is 2. The fourth-order valence-electron chi connectivity index (χ4n) is 3.59. The molecule has 0 spiro atoms. The minimum Gasteiger partial charge on any atom is -0.508 e. The number of aromatic hydroxyl groups is 1. The maximum atomic E-state index is 12.2. The predicted octanol–water partition coefficient (Wildman–Crippen LogP) is 3.45. The number of anilines is 1. The standard InChI is InChI=1S/C21H26N2O2/c1-17(24)23(19-5-3-2-4-6-19)20-12-15-22(16-13-20)14-11-18-7-9-21(25)10-8-18/h2-10,20,25H,11-16H2,1H3. The van der Waals surface area contributed by atoms with E-state index in [1.165, 1.54) is 5.56 Å². The SMILES string of the molecule is CC(=O)N(c1ccccc1)C1CCN(CCc2ccc(O)cc2)CC1. The van der Waals surface area contributed by atoms with Crippen LogP contribution < -0.4 is 4.90 Å². The summed E-state index contributed by atoms with van der Waals surface area (Å²) in [4.78, 5) is 16.6. The first-order valence-corrected chi connectivity index (χ1v) is 8.98. The normalized spacial score (nSPS) is 15.9. The van der Waals surface area contributed by atoms with Crippen molar-refractivity contribution in [3.63, 3.8) is 0 Å². The number of phenols is 1. The van der Waals surface area contributed by atoms with Crippen LogP contribution in [0.2, 0.25) is 0 Å². The van der Waals surface area contributed by atoms with Crippen molar-refractivity contribution >= 4 is 11.6 Å². The largest absolute Gasteiger partial charge is 0.508 e. The maximum absolute atomic E-state index is 12.2. The maximum Gasteiger partial charge on any atom is 0.224 e. The number of rotatable bonds is 5. The molecular formula is C21H26N2O2. The minimum absolute atomic E-state index is 0.119. The molecule has 2 aromatic carbocycles. The van der Waals surface area contributed by atoms with E-state index < -0.39 is 0 Å². The lowest BCUT2D eigenvalue weighted by molar-refractivity contribution is -0.117. The van der Waals surface area contributed by atoms with Crippen molar-refractivity contribution in [2.75, 3.05) is 24.5 Å². The van der Waals surface area contributed by atoms with Gasteiger partial charge < -0.3 is 14.9 Å². The summed E-state index contributed by atoms with van der Waals surface area (Å²) >= 11 is 0. The second kappa shape index (κ2) is 8.17. The van der Waals surface area contributed by atoms with E-state index in [-0.39, 0.29) is 11.9 Å². The van der Waals surface area contributed by atoms with E-state index in [0.29, 0.717) is 5.75 Å². The lowest BCUT2D eigenvalue weighted by atomic mass is 10.0. The fraction of sp³-hybridized carbons (Fsp3) is 0.381. The van der Waals surface area contributed by atoms with Crippen LogP contribution in [-0.4, -0.2) is 41.6 Å². The molecule has 25 heavy (non-hydrogen) atoms. The summed E-state index contributed by atoms with van der Waals surface area (Å²) in [6.07, 6.45) is 2.99. The van der Waals surface area contributed by atoms with Gasteiger partial charge in [-0.2, -0.15) is 0 Å². The van der Waals surface area contributed by atoms with Gasteiger partial charge in [0.15, 0.2) is 0 Å². The highest BCUT2D eigenvalue weighted by atomic mass is 16.3. The summed E-state index contributed by atoms with van der Waals surface area (Å²) in [5.41, 5.74) is 2.24. The fourth-order valence-corrected chi connectivity index (χ4v) is 3.59. The second-order valence-electron chi connectivity index (χ2n) is 6.71. The molecule has 0 atom stereocenters. The van der Waals surface area contributed by atoms with Gasteiger partial charge in [-0.1, -0.05) is 30.3 Å². The average Bonchev–Trinajstić information content (AvgIpc) is 2.63.